The lowest BCUT2D eigenvalue weighted by Gasteiger charge is -2.42. The van der Waals surface area contributed by atoms with Crippen LogP contribution in [-0.2, 0) is 16.1 Å². The molecule has 0 radical (unpaired) electrons. The number of carbonyl (C=O) groups excluding carboxylic acids is 1. The maximum atomic E-state index is 13.2. The minimum atomic E-state index is -0.245. The Kier molecular flexibility index (Phi) is 5.42. The van der Waals surface area contributed by atoms with Crippen molar-refractivity contribution in [1.29, 1.82) is 0 Å². The molecule has 3 aliphatic rings. The van der Waals surface area contributed by atoms with Crippen molar-refractivity contribution < 1.29 is 14.3 Å². The number of nitrogens with zero attached hydrogens (tertiary/aromatic N) is 2. The first-order chi connectivity index (χ1) is 13.0. The Morgan fingerprint density at radius 3 is 2.70 bits per heavy atom. The molecular formula is C22H32N2O3. The van der Waals surface area contributed by atoms with Gasteiger partial charge in [0.15, 0.2) is 0 Å². The summed E-state index contributed by atoms with van der Waals surface area (Å²) < 4.78 is 12.1. The molecule has 1 amide bonds. The van der Waals surface area contributed by atoms with Crippen molar-refractivity contribution >= 4 is 5.91 Å². The summed E-state index contributed by atoms with van der Waals surface area (Å²) in [6.07, 6.45) is 5.20. The van der Waals surface area contributed by atoms with Crippen LogP contribution in [0.25, 0.3) is 0 Å². The largest absolute Gasteiger partial charge is 0.485 e. The van der Waals surface area contributed by atoms with Crippen molar-refractivity contribution in [3.63, 3.8) is 0 Å². The standard InChI is InChI=1S/C22H32N2O3/c1-23(2)13-17-7-10-22(11-8-17)16-24(21(25)19-9-12-26-15-19)14-18-5-3-4-6-20(18)27-22/h3-6,17,19H,7-16H2,1-2H3. The van der Waals surface area contributed by atoms with Gasteiger partial charge in [-0.05, 0) is 58.2 Å². The summed E-state index contributed by atoms with van der Waals surface area (Å²) >= 11 is 0. The predicted molar refractivity (Wildman–Crippen MR) is 105 cm³/mol. The summed E-state index contributed by atoms with van der Waals surface area (Å²) in [5, 5.41) is 0. The summed E-state index contributed by atoms with van der Waals surface area (Å²) in [7, 11) is 4.29. The molecule has 1 atom stereocenters. The highest BCUT2D eigenvalue weighted by Crippen LogP contribution is 2.40. The summed E-state index contributed by atoms with van der Waals surface area (Å²) in [5.41, 5.74) is 0.877. The molecule has 1 unspecified atom stereocenters. The topological polar surface area (TPSA) is 42.0 Å². The quantitative estimate of drug-likeness (QED) is 0.818. The zero-order valence-electron chi connectivity index (χ0n) is 16.7. The van der Waals surface area contributed by atoms with E-state index in [2.05, 4.69) is 36.0 Å². The highest BCUT2D eigenvalue weighted by atomic mass is 16.5. The first kappa shape index (κ1) is 18.8. The number of hydrogen-bond donors (Lipinski definition) is 0. The van der Waals surface area contributed by atoms with Gasteiger partial charge in [-0.2, -0.15) is 0 Å². The third kappa shape index (κ3) is 4.14. The summed E-state index contributed by atoms with van der Waals surface area (Å²) in [6, 6.07) is 8.23. The first-order valence-corrected chi connectivity index (χ1v) is 10.3. The zero-order valence-corrected chi connectivity index (χ0v) is 16.7. The average molecular weight is 373 g/mol. The SMILES string of the molecule is CN(C)CC1CCC2(CC1)CN(C(=O)C1CCOC1)Cc1ccccc1O2. The van der Waals surface area contributed by atoms with E-state index in [1.807, 2.05) is 12.1 Å². The van der Waals surface area contributed by atoms with Crippen molar-refractivity contribution in [3.05, 3.63) is 29.8 Å². The van der Waals surface area contributed by atoms with Crippen LogP contribution in [0.4, 0.5) is 0 Å². The second-order valence-electron chi connectivity index (χ2n) is 8.85. The van der Waals surface area contributed by atoms with Crippen molar-refractivity contribution in [1.82, 2.24) is 9.80 Å². The van der Waals surface area contributed by atoms with Gasteiger partial charge in [-0.3, -0.25) is 4.79 Å². The van der Waals surface area contributed by atoms with Crippen LogP contribution in [0.2, 0.25) is 0 Å². The summed E-state index contributed by atoms with van der Waals surface area (Å²) in [6.45, 7) is 3.75. The normalized spacial score (nSPS) is 30.9. The van der Waals surface area contributed by atoms with Crippen LogP contribution in [0, 0.1) is 11.8 Å². The molecule has 148 valence electrons. The fraction of sp³-hybridized carbons (Fsp3) is 0.682. The number of hydrogen-bond acceptors (Lipinski definition) is 4. The molecule has 2 fully saturated rings. The maximum absolute atomic E-state index is 13.2. The van der Waals surface area contributed by atoms with Crippen molar-refractivity contribution in [3.8, 4) is 5.75 Å². The van der Waals surface area contributed by atoms with Gasteiger partial charge in [0.1, 0.15) is 11.4 Å². The fourth-order valence-electron chi connectivity index (χ4n) is 4.92. The molecule has 4 rings (SSSR count). The monoisotopic (exact) mass is 372 g/mol. The molecule has 1 aromatic rings. The third-order valence-electron chi connectivity index (χ3n) is 6.37. The van der Waals surface area contributed by atoms with Crippen LogP contribution in [-0.4, -0.2) is 61.7 Å². The molecule has 2 aliphatic heterocycles. The van der Waals surface area contributed by atoms with Crippen LogP contribution in [0.3, 0.4) is 0 Å². The molecule has 0 aromatic heterocycles. The zero-order chi connectivity index (χ0) is 18.9. The molecule has 5 nitrogen and oxygen atoms in total. The molecule has 0 N–H and O–H groups in total. The smallest absolute Gasteiger partial charge is 0.228 e. The van der Waals surface area contributed by atoms with Gasteiger partial charge in [0.2, 0.25) is 5.91 Å². The lowest BCUT2D eigenvalue weighted by Crippen LogP contribution is -2.51. The van der Waals surface area contributed by atoms with Crippen LogP contribution >= 0.6 is 0 Å². The second-order valence-corrected chi connectivity index (χ2v) is 8.85. The Hall–Kier alpha value is -1.59. The first-order valence-electron chi connectivity index (χ1n) is 10.3. The number of benzene rings is 1. The van der Waals surface area contributed by atoms with E-state index in [0.717, 1.165) is 55.9 Å². The summed E-state index contributed by atoms with van der Waals surface area (Å²) in [5.74, 6) is 1.93. The second kappa shape index (κ2) is 7.80. The molecule has 1 aliphatic carbocycles. The molecule has 1 saturated heterocycles. The van der Waals surface area contributed by atoms with E-state index in [4.69, 9.17) is 9.47 Å². The van der Waals surface area contributed by atoms with Crippen molar-refractivity contribution in [2.24, 2.45) is 11.8 Å². The lowest BCUT2D eigenvalue weighted by molar-refractivity contribution is -0.139. The highest BCUT2D eigenvalue weighted by Gasteiger charge is 2.43. The van der Waals surface area contributed by atoms with Gasteiger partial charge >= 0.3 is 0 Å². The molecular weight excluding hydrogens is 340 g/mol. The van der Waals surface area contributed by atoms with Gasteiger partial charge in [-0.1, -0.05) is 18.2 Å². The van der Waals surface area contributed by atoms with E-state index in [9.17, 15) is 4.79 Å². The Morgan fingerprint density at radius 2 is 2.00 bits per heavy atom. The molecule has 5 heteroatoms. The fourth-order valence-corrected chi connectivity index (χ4v) is 4.92. The lowest BCUT2D eigenvalue weighted by atomic mass is 9.78. The highest BCUT2D eigenvalue weighted by molar-refractivity contribution is 5.79. The van der Waals surface area contributed by atoms with Crippen molar-refractivity contribution in [2.45, 2.75) is 44.2 Å². The molecule has 1 spiro atoms. The minimum absolute atomic E-state index is 0.0115. The number of fused-ring (bicyclic) bond motifs is 1. The number of para-hydroxylation sites is 1. The summed E-state index contributed by atoms with van der Waals surface area (Å²) in [4.78, 5) is 17.5. The van der Waals surface area contributed by atoms with E-state index < -0.39 is 0 Å². The third-order valence-corrected chi connectivity index (χ3v) is 6.37. The van der Waals surface area contributed by atoms with Crippen LogP contribution in [0.15, 0.2) is 24.3 Å². The van der Waals surface area contributed by atoms with E-state index in [1.165, 1.54) is 0 Å². The Morgan fingerprint density at radius 1 is 1.22 bits per heavy atom. The molecule has 1 aromatic carbocycles. The number of carbonyl (C=O) groups is 1. The molecule has 1 saturated carbocycles. The van der Waals surface area contributed by atoms with Crippen molar-refractivity contribution in [2.75, 3.05) is 40.4 Å². The van der Waals surface area contributed by atoms with Crippen LogP contribution < -0.4 is 4.74 Å². The van der Waals surface area contributed by atoms with Gasteiger partial charge in [0.25, 0.3) is 0 Å². The Labute approximate surface area is 162 Å². The van der Waals surface area contributed by atoms with Crippen LogP contribution in [0.5, 0.6) is 5.75 Å². The molecule has 27 heavy (non-hydrogen) atoms. The average Bonchev–Trinajstić information content (AvgIpc) is 3.13. The van der Waals surface area contributed by atoms with Gasteiger partial charge < -0.3 is 19.3 Å². The number of rotatable bonds is 3. The molecule has 2 heterocycles. The predicted octanol–water partition coefficient (Wildman–Crippen LogP) is 2.93. The van der Waals surface area contributed by atoms with Gasteiger partial charge in [-0.15, -0.1) is 0 Å². The van der Waals surface area contributed by atoms with E-state index in [1.54, 1.807) is 0 Å². The Bertz CT molecular complexity index is 661. The van der Waals surface area contributed by atoms with E-state index >= 15 is 0 Å². The van der Waals surface area contributed by atoms with E-state index in [0.29, 0.717) is 26.3 Å². The van der Waals surface area contributed by atoms with Gasteiger partial charge in [0, 0.05) is 25.3 Å². The Balaban J connectivity index is 1.55. The number of ether oxygens (including phenoxy) is 2. The maximum Gasteiger partial charge on any atom is 0.228 e. The van der Waals surface area contributed by atoms with E-state index in [-0.39, 0.29) is 17.4 Å². The van der Waals surface area contributed by atoms with Gasteiger partial charge in [0.05, 0.1) is 19.1 Å². The number of amides is 1. The molecule has 0 bridgehead atoms. The van der Waals surface area contributed by atoms with Crippen LogP contribution in [0.1, 0.15) is 37.7 Å². The minimum Gasteiger partial charge on any atom is -0.485 e. The van der Waals surface area contributed by atoms with Gasteiger partial charge in [-0.25, -0.2) is 0 Å².